The Balaban J connectivity index is 1.46. The van der Waals surface area contributed by atoms with E-state index in [1.807, 2.05) is 24.8 Å². The van der Waals surface area contributed by atoms with E-state index in [0.29, 0.717) is 24.0 Å². The summed E-state index contributed by atoms with van der Waals surface area (Å²) in [6.45, 7) is 7.11. The SMILES string of the molecule is CC1CN(c2nccc(S(=O)(=O)c3cccc(OCc4ccc5c(c4)OCO5)n3)c2C(N)=O)C(C)(C)C1. The molecule has 4 heterocycles. The van der Waals surface area contributed by atoms with Crippen LogP contribution in [0.1, 0.15) is 43.1 Å². The number of anilines is 1. The van der Waals surface area contributed by atoms with Gasteiger partial charge in [0.05, 0.1) is 4.90 Å². The molecule has 1 aromatic carbocycles. The van der Waals surface area contributed by atoms with E-state index in [-0.39, 0.29) is 46.1 Å². The van der Waals surface area contributed by atoms with Crippen LogP contribution in [-0.2, 0) is 16.4 Å². The van der Waals surface area contributed by atoms with Gasteiger partial charge in [0.15, 0.2) is 16.5 Å². The molecule has 0 spiro atoms. The Morgan fingerprint density at radius 3 is 2.70 bits per heavy atom. The van der Waals surface area contributed by atoms with Crippen molar-refractivity contribution < 1.29 is 27.4 Å². The fourth-order valence-electron chi connectivity index (χ4n) is 4.98. The Morgan fingerprint density at radius 1 is 1.19 bits per heavy atom. The minimum Gasteiger partial charge on any atom is -0.473 e. The number of nitrogens with zero attached hydrogens (tertiary/aromatic N) is 3. The van der Waals surface area contributed by atoms with Crippen LogP contribution in [0.3, 0.4) is 0 Å². The summed E-state index contributed by atoms with van der Waals surface area (Å²) < 4.78 is 43.9. The lowest BCUT2D eigenvalue weighted by atomic mass is 9.97. The van der Waals surface area contributed by atoms with Gasteiger partial charge >= 0.3 is 0 Å². The van der Waals surface area contributed by atoms with Crippen molar-refractivity contribution in [2.24, 2.45) is 11.7 Å². The van der Waals surface area contributed by atoms with E-state index in [1.165, 1.54) is 24.4 Å². The highest BCUT2D eigenvalue weighted by Gasteiger charge is 2.40. The Labute approximate surface area is 215 Å². The third-order valence-electron chi connectivity index (χ3n) is 6.55. The molecule has 10 nitrogen and oxygen atoms in total. The minimum absolute atomic E-state index is 0.114. The number of ether oxygens (including phenoxy) is 3. The summed E-state index contributed by atoms with van der Waals surface area (Å²) in [5.74, 6) is 1.13. The lowest BCUT2D eigenvalue weighted by Crippen LogP contribution is -2.40. The van der Waals surface area contributed by atoms with Crippen LogP contribution in [0.4, 0.5) is 5.82 Å². The zero-order valence-corrected chi connectivity index (χ0v) is 21.6. The molecule has 1 fully saturated rings. The van der Waals surface area contributed by atoms with Gasteiger partial charge in [-0.15, -0.1) is 0 Å². The molecular weight excluding hydrogens is 496 g/mol. The van der Waals surface area contributed by atoms with E-state index < -0.39 is 15.7 Å². The van der Waals surface area contributed by atoms with Crippen molar-refractivity contribution in [3.63, 3.8) is 0 Å². The Kier molecular flexibility index (Phi) is 6.18. The second-order valence-electron chi connectivity index (χ2n) is 9.90. The van der Waals surface area contributed by atoms with Crippen LogP contribution in [0, 0.1) is 5.92 Å². The van der Waals surface area contributed by atoms with Gasteiger partial charge in [-0.3, -0.25) is 4.79 Å². The van der Waals surface area contributed by atoms with Crippen molar-refractivity contribution in [2.45, 2.75) is 49.3 Å². The standard InChI is InChI=1S/C26H28N4O6S/c1-16-12-26(2,3)30(13-16)25-23(24(27)31)20(9-10-28-25)37(32,33)22-6-4-5-21(29-22)34-14-17-7-8-18-19(11-17)36-15-35-18/h4-11,16H,12-15H2,1-3H3,(H2,27,31). The first-order valence-corrected chi connectivity index (χ1v) is 13.3. The van der Waals surface area contributed by atoms with Crippen molar-refractivity contribution in [1.82, 2.24) is 9.97 Å². The Morgan fingerprint density at radius 2 is 1.97 bits per heavy atom. The maximum Gasteiger partial charge on any atom is 0.253 e. The van der Waals surface area contributed by atoms with Crippen molar-refractivity contribution >= 4 is 21.6 Å². The molecule has 2 N–H and O–H groups in total. The molecule has 1 amide bonds. The first-order valence-electron chi connectivity index (χ1n) is 11.9. The number of benzene rings is 1. The molecule has 2 aliphatic rings. The summed E-state index contributed by atoms with van der Waals surface area (Å²) >= 11 is 0. The lowest BCUT2D eigenvalue weighted by molar-refractivity contribution is 0.0997. The van der Waals surface area contributed by atoms with E-state index >= 15 is 0 Å². The largest absolute Gasteiger partial charge is 0.473 e. The molecule has 11 heteroatoms. The third kappa shape index (κ3) is 4.66. The average molecular weight is 525 g/mol. The molecule has 1 unspecified atom stereocenters. The number of fused-ring (bicyclic) bond motifs is 1. The number of rotatable bonds is 7. The summed E-state index contributed by atoms with van der Waals surface area (Å²) in [5.41, 5.74) is 6.07. The number of pyridine rings is 2. The molecule has 3 aromatic rings. The van der Waals surface area contributed by atoms with Crippen LogP contribution in [0.2, 0.25) is 0 Å². The molecule has 2 aromatic heterocycles. The smallest absolute Gasteiger partial charge is 0.253 e. The van der Waals surface area contributed by atoms with Crippen molar-refractivity contribution in [3.05, 3.63) is 59.8 Å². The summed E-state index contributed by atoms with van der Waals surface area (Å²) in [7, 11) is -4.23. The molecule has 2 aliphatic heterocycles. The quantitative estimate of drug-likeness (QED) is 0.494. The van der Waals surface area contributed by atoms with Crippen LogP contribution in [0.15, 0.2) is 58.6 Å². The van der Waals surface area contributed by atoms with E-state index in [9.17, 15) is 13.2 Å². The van der Waals surface area contributed by atoms with Gasteiger partial charge in [0, 0.05) is 24.3 Å². The summed E-state index contributed by atoms with van der Waals surface area (Å²) in [4.78, 5) is 22.9. The number of hydrogen-bond donors (Lipinski definition) is 1. The summed E-state index contributed by atoms with van der Waals surface area (Å²) in [6, 6.07) is 11.1. The van der Waals surface area contributed by atoms with Crippen LogP contribution in [-0.4, -0.2) is 43.2 Å². The zero-order chi connectivity index (χ0) is 26.4. The molecule has 0 saturated carbocycles. The average Bonchev–Trinajstić information content (AvgIpc) is 3.44. The number of hydrogen-bond acceptors (Lipinski definition) is 9. The number of carbonyl (C=O) groups is 1. The van der Waals surface area contributed by atoms with E-state index in [4.69, 9.17) is 19.9 Å². The molecule has 0 radical (unpaired) electrons. The van der Waals surface area contributed by atoms with Gasteiger partial charge in [0.1, 0.15) is 18.0 Å². The number of carbonyl (C=O) groups excluding carboxylic acids is 1. The van der Waals surface area contributed by atoms with Crippen molar-refractivity contribution in [1.29, 1.82) is 0 Å². The molecule has 0 aliphatic carbocycles. The number of amides is 1. The number of aromatic nitrogens is 2. The van der Waals surface area contributed by atoms with Crippen LogP contribution < -0.4 is 24.8 Å². The molecule has 194 valence electrons. The second kappa shape index (κ2) is 9.22. The Bertz CT molecular complexity index is 1470. The number of sulfone groups is 1. The molecule has 37 heavy (non-hydrogen) atoms. The molecule has 5 rings (SSSR count). The monoisotopic (exact) mass is 524 g/mol. The van der Waals surface area contributed by atoms with E-state index in [2.05, 4.69) is 16.9 Å². The van der Waals surface area contributed by atoms with Crippen LogP contribution in [0.5, 0.6) is 17.4 Å². The third-order valence-corrected chi connectivity index (χ3v) is 8.25. The summed E-state index contributed by atoms with van der Waals surface area (Å²) in [5, 5.41) is -0.260. The van der Waals surface area contributed by atoms with Gasteiger partial charge in [-0.25, -0.2) is 18.4 Å². The van der Waals surface area contributed by atoms with Crippen LogP contribution >= 0.6 is 0 Å². The highest BCUT2D eigenvalue weighted by molar-refractivity contribution is 7.91. The van der Waals surface area contributed by atoms with Gasteiger partial charge in [0.2, 0.25) is 22.5 Å². The van der Waals surface area contributed by atoms with Gasteiger partial charge in [-0.2, -0.15) is 0 Å². The van der Waals surface area contributed by atoms with Crippen LogP contribution in [0.25, 0.3) is 0 Å². The van der Waals surface area contributed by atoms with Gasteiger partial charge in [0.25, 0.3) is 5.91 Å². The maximum absolute atomic E-state index is 13.7. The van der Waals surface area contributed by atoms with E-state index in [0.717, 1.165) is 12.0 Å². The fourth-order valence-corrected chi connectivity index (χ4v) is 6.37. The second-order valence-corrected chi connectivity index (χ2v) is 11.8. The normalized spacial score (nSPS) is 18.1. The first kappa shape index (κ1) is 24.8. The lowest BCUT2D eigenvalue weighted by Gasteiger charge is -2.33. The number of primary amides is 1. The molecule has 1 saturated heterocycles. The highest BCUT2D eigenvalue weighted by Crippen LogP contribution is 2.39. The van der Waals surface area contributed by atoms with E-state index in [1.54, 1.807) is 18.2 Å². The van der Waals surface area contributed by atoms with Gasteiger partial charge < -0.3 is 24.8 Å². The van der Waals surface area contributed by atoms with Crippen molar-refractivity contribution in [3.8, 4) is 17.4 Å². The molecule has 1 atom stereocenters. The van der Waals surface area contributed by atoms with Crippen molar-refractivity contribution in [2.75, 3.05) is 18.2 Å². The first-order chi connectivity index (χ1) is 17.6. The minimum atomic E-state index is -4.23. The predicted molar refractivity (Wildman–Crippen MR) is 135 cm³/mol. The summed E-state index contributed by atoms with van der Waals surface area (Å²) in [6.07, 6.45) is 2.25. The Hall–Kier alpha value is -3.86. The predicted octanol–water partition coefficient (Wildman–Crippen LogP) is 3.34. The molecular formula is C26H28N4O6S. The fraction of sp³-hybridized carbons (Fsp3) is 0.346. The molecule has 0 bridgehead atoms. The van der Waals surface area contributed by atoms with Gasteiger partial charge in [-0.1, -0.05) is 19.1 Å². The van der Waals surface area contributed by atoms with Gasteiger partial charge in [-0.05, 0) is 56.0 Å². The zero-order valence-electron chi connectivity index (χ0n) is 20.8. The topological polar surface area (TPSA) is 134 Å². The highest BCUT2D eigenvalue weighted by atomic mass is 32.2. The number of nitrogens with two attached hydrogens (primary N) is 1. The maximum atomic E-state index is 13.7.